The van der Waals surface area contributed by atoms with E-state index in [0.717, 1.165) is 11.8 Å². The first-order valence-corrected chi connectivity index (χ1v) is 9.22. The zero-order valence-corrected chi connectivity index (χ0v) is 15.6. The molecule has 28 heavy (non-hydrogen) atoms. The van der Waals surface area contributed by atoms with Crippen LogP contribution in [-0.4, -0.2) is 34.0 Å². The second-order valence-corrected chi connectivity index (χ2v) is 7.37. The van der Waals surface area contributed by atoms with Crippen LogP contribution in [0.5, 0.6) is 0 Å². The third kappa shape index (κ3) is 4.68. The Balaban J connectivity index is 1.64. The van der Waals surface area contributed by atoms with Crippen LogP contribution >= 0.6 is 11.8 Å². The monoisotopic (exact) mass is 399 g/mol. The van der Waals surface area contributed by atoms with Gasteiger partial charge in [0.1, 0.15) is 0 Å². The second-order valence-electron chi connectivity index (χ2n) is 6.12. The maximum Gasteiger partial charge on any atom is 0.335 e. The molecule has 0 saturated heterocycles. The lowest BCUT2D eigenvalue weighted by atomic mass is 10.2. The highest BCUT2D eigenvalue weighted by molar-refractivity contribution is 8.01. The van der Waals surface area contributed by atoms with Gasteiger partial charge in [0, 0.05) is 29.6 Å². The molecule has 0 fully saturated rings. The molecule has 8 nitrogen and oxygen atoms in total. The number of hydrogen-bond donors (Lipinski definition) is 4. The Labute approximate surface area is 164 Å². The number of carboxylic acid groups (broad SMARTS) is 1. The van der Waals surface area contributed by atoms with Crippen molar-refractivity contribution in [1.82, 2.24) is 0 Å². The van der Waals surface area contributed by atoms with Gasteiger partial charge in [-0.2, -0.15) is 0 Å². The number of hydrogen-bond acceptors (Lipinski definition) is 5. The molecule has 2 aromatic carbocycles. The van der Waals surface area contributed by atoms with Crippen molar-refractivity contribution in [2.24, 2.45) is 0 Å². The van der Waals surface area contributed by atoms with Gasteiger partial charge in [0.25, 0.3) is 0 Å². The van der Waals surface area contributed by atoms with E-state index in [-0.39, 0.29) is 29.7 Å². The molecule has 1 aliphatic rings. The topological polar surface area (TPSA) is 125 Å². The number of carboxylic acids is 1. The van der Waals surface area contributed by atoms with E-state index in [9.17, 15) is 19.2 Å². The average molecular weight is 399 g/mol. The molecule has 0 unspecified atom stereocenters. The molecule has 144 valence electrons. The number of fused-ring (bicyclic) bond motifs is 1. The minimum absolute atomic E-state index is 0.0688. The molecule has 1 aliphatic heterocycles. The Morgan fingerprint density at radius 3 is 2.32 bits per heavy atom. The van der Waals surface area contributed by atoms with Gasteiger partial charge in [-0.25, -0.2) is 4.79 Å². The Morgan fingerprint density at radius 1 is 1.07 bits per heavy atom. The molecule has 0 bridgehead atoms. The van der Waals surface area contributed by atoms with Gasteiger partial charge in [0.05, 0.1) is 16.5 Å². The first-order chi connectivity index (χ1) is 13.3. The summed E-state index contributed by atoms with van der Waals surface area (Å²) in [6, 6.07) is 11.0. The number of carbonyl (C=O) groups excluding carboxylic acids is 3. The van der Waals surface area contributed by atoms with E-state index in [0.29, 0.717) is 22.0 Å². The van der Waals surface area contributed by atoms with Crippen molar-refractivity contribution in [2.75, 3.05) is 16.0 Å². The molecule has 3 rings (SSSR count). The molecule has 4 N–H and O–H groups in total. The Bertz CT molecular complexity index is 959. The van der Waals surface area contributed by atoms with Crippen molar-refractivity contribution >= 4 is 52.5 Å². The minimum atomic E-state index is -1.06. The summed E-state index contributed by atoms with van der Waals surface area (Å²) in [5, 5.41) is 16.5. The molecular weight excluding hydrogens is 382 g/mol. The van der Waals surface area contributed by atoms with Crippen LogP contribution < -0.4 is 16.0 Å². The van der Waals surface area contributed by atoms with Gasteiger partial charge in [0.2, 0.25) is 17.7 Å². The molecule has 1 heterocycles. The smallest absolute Gasteiger partial charge is 0.335 e. The van der Waals surface area contributed by atoms with Gasteiger partial charge >= 0.3 is 5.97 Å². The lowest BCUT2D eigenvalue weighted by Gasteiger charge is -2.24. The van der Waals surface area contributed by atoms with Crippen LogP contribution in [0.2, 0.25) is 0 Å². The summed E-state index contributed by atoms with van der Waals surface area (Å²) in [7, 11) is 0. The van der Waals surface area contributed by atoms with Gasteiger partial charge in [-0.05, 0) is 42.5 Å². The highest BCUT2D eigenvalue weighted by Crippen LogP contribution is 2.37. The van der Waals surface area contributed by atoms with Crippen LogP contribution in [0.15, 0.2) is 47.4 Å². The van der Waals surface area contributed by atoms with Crippen molar-refractivity contribution in [2.45, 2.75) is 23.5 Å². The standard InChI is InChI=1S/C19H17N3O5S/c1-10(23)20-12-3-5-13(6-4-12)21-17(24)9-16-18(25)22-14-7-2-11(19(26)27)8-15(14)28-16/h2-8,16H,9H2,1H3,(H,20,23)(H,21,24)(H,22,25)(H,26,27)/t16-/m0/s1. The zero-order valence-electron chi connectivity index (χ0n) is 14.8. The van der Waals surface area contributed by atoms with Crippen molar-refractivity contribution in [3.05, 3.63) is 48.0 Å². The Morgan fingerprint density at radius 2 is 1.71 bits per heavy atom. The zero-order chi connectivity index (χ0) is 20.3. The van der Waals surface area contributed by atoms with Crippen LogP contribution in [0.25, 0.3) is 0 Å². The SMILES string of the molecule is CC(=O)Nc1ccc(NC(=O)C[C@@H]2Sc3cc(C(=O)O)ccc3NC2=O)cc1. The number of nitrogens with one attached hydrogen (secondary N) is 3. The van der Waals surface area contributed by atoms with Crippen LogP contribution in [-0.2, 0) is 14.4 Å². The summed E-state index contributed by atoms with van der Waals surface area (Å²) in [4.78, 5) is 47.3. The molecule has 0 saturated carbocycles. The van der Waals surface area contributed by atoms with Gasteiger partial charge < -0.3 is 21.1 Å². The van der Waals surface area contributed by atoms with Gasteiger partial charge in [-0.3, -0.25) is 14.4 Å². The third-order valence-electron chi connectivity index (χ3n) is 3.91. The minimum Gasteiger partial charge on any atom is -0.478 e. The number of carbonyl (C=O) groups is 4. The summed E-state index contributed by atoms with van der Waals surface area (Å²) >= 11 is 1.16. The van der Waals surface area contributed by atoms with E-state index < -0.39 is 11.2 Å². The highest BCUT2D eigenvalue weighted by Gasteiger charge is 2.29. The van der Waals surface area contributed by atoms with Crippen LogP contribution in [0.3, 0.4) is 0 Å². The van der Waals surface area contributed by atoms with Crippen molar-refractivity contribution in [3.8, 4) is 0 Å². The van der Waals surface area contributed by atoms with E-state index in [1.807, 2.05) is 0 Å². The van der Waals surface area contributed by atoms with Crippen LogP contribution in [0.1, 0.15) is 23.7 Å². The van der Waals surface area contributed by atoms with Gasteiger partial charge in [-0.15, -0.1) is 11.8 Å². The number of rotatable bonds is 5. The predicted molar refractivity (Wildman–Crippen MR) is 106 cm³/mol. The lowest BCUT2D eigenvalue weighted by Crippen LogP contribution is -2.32. The van der Waals surface area contributed by atoms with E-state index >= 15 is 0 Å². The molecule has 1 atom stereocenters. The largest absolute Gasteiger partial charge is 0.478 e. The van der Waals surface area contributed by atoms with Crippen molar-refractivity contribution < 1.29 is 24.3 Å². The summed E-state index contributed by atoms with van der Waals surface area (Å²) in [6.07, 6.45) is -0.0688. The number of aromatic carboxylic acids is 1. The molecular formula is C19H17N3O5S. The Kier molecular flexibility index (Phi) is 5.65. The first kappa shape index (κ1) is 19.4. The van der Waals surface area contributed by atoms with E-state index in [2.05, 4.69) is 16.0 Å². The summed E-state index contributed by atoms with van der Waals surface area (Å²) < 4.78 is 0. The van der Waals surface area contributed by atoms with Crippen LogP contribution in [0, 0.1) is 0 Å². The number of benzene rings is 2. The molecule has 2 aromatic rings. The summed E-state index contributed by atoms with van der Waals surface area (Å²) in [6.45, 7) is 1.40. The fourth-order valence-electron chi connectivity index (χ4n) is 2.63. The molecule has 0 aromatic heterocycles. The van der Waals surface area contributed by atoms with Crippen molar-refractivity contribution in [3.63, 3.8) is 0 Å². The van der Waals surface area contributed by atoms with E-state index in [4.69, 9.17) is 5.11 Å². The van der Waals surface area contributed by atoms with E-state index in [1.54, 1.807) is 24.3 Å². The highest BCUT2D eigenvalue weighted by atomic mass is 32.2. The second kappa shape index (κ2) is 8.13. The predicted octanol–water partition coefficient (Wildman–Crippen LogP) is 2.78. The summed E-state index contributed by atoms with van der Waals surface area (Å²) in [5.41, 5.74) is 1.79. The maximum atomic E-state index is 12.3. The summed E-state index contributed by atoms with van der Waals surface area (Å²) in [5.74, 6) is -1.91. The molecule has 0 aliphatic carbocycles. The number of amides is 3. The third-order valence-corrected chi connectivity index (χ3v) is 5.16. The lowest BCUT2D eigenvalue weighted by molar-refractivity contribution is -0.120. The van der Waals surface area contributed by atoms with Crippen LogP contribution in [0.4, 0.5) is 17.1 Å². The van der Waals surface area contributed by atoms with Crippen molar-refractivity contribution in [1.29, 1.82) is 0 Å². The maximum absolute atomic E-state index is 12.3. The first-order valence-electron chi connectivity index (χ1n) is 8.34. The molecule has 9 heteroatoms. The molecule has 0 radical (unpaired) electrons. The fourth-order valence-corrected chi connectivity index (χ4v) is 3.78. The Hall–Kier alpha value is -3.33. The van der Waals surface area contributed by atoms with Gasteiger partial charge in [-0.1, -0.05) is 0 Å². The average Bonchev–Trinajstić information content (AvgIpc) is 2.63. The van der Waals surface area contributed by atoms with E-state index in [1.165, 1.54) is 25.1 Å². The number of anilines is 3. The quantitative estimate of drug-likeness (QED) is 0.613. The molecule has 0 spiro atoms. The fraction of sp³-hybridized carbons (Fsp3) is 0.158. The molecule has 3 amide bonds. The van der Waals surface area contributed by atoms with Gasteiger partial charge in [0.15, 0.2) is 0 Å². The number of thioether (sulfide) groups is 1. The normalized spacial score (nSPS) is 15.2.